The summed E-state index contributed by atoms with van der Waals surface area (Å²) in [6.07, 6.45) is 3.63. The van der Waals surface area contributed by atoms with Crippen LogP contribution >= 0.6 is 0 Å². The van der Waals surface area contributed by atoms with Crippen molar-refractivity contribution in [2.24, 2.45) is 5.92 Å². The summed E-state index contributed by atoms with van der Waals surface area (Å²) in [5.41, 5.74) is 0. The van der Waals surface area contributed by atoms with E-state index in [4.69, 9.17) is 4.74 Å². The van der Waals surface area contributed by atoms with Gasteiger partial charge in [0.25, 0.3) is 0 Å². The molecule has 0 unspecified atom stereocenters. The van der Waals surface area contributed by atoms with E-state index in [9.17, 15) is 4.79 Å². The smallest absolute Gasteiger partial charge is 0.240 e. The lowest BCUT2D eigenvalue weighted by atomic mass is 10.2. The monoisotopic (exact) mass is 321 g/mol. The van der Waals surface area contributed by atoms with Crippen molar-refractivity contribution >= 4 is 5.91 Å². The Hall–Kier alpha value is -1.47. The maximum absolute atomic E-state index is 12.8. The molecule has 7 heteroatoms. The molecule has 1 aromatic heterocycles. The number of carbonyl (C=O) groups is 1. The molecule has 2 fully saturated rings. The topological polar surface area (TPSA) is 63.5 Å². The highest BCUT2D eigenvalue weighted by Crippen LogP contribution is 2.22. The van der Waals surface area contributed by atoms with Gasteiger partial charge in [0.1, 0.15) is 12.2 Å². The third kappa shape index (κ3) is 3.90. The zero-order valence-corrected chi connectivity index (χ0v) is 14.1. The summed E-state index contributed by atoms with van der Waals surface area (Å²) in [5, 5.41) is 4.33. The number of carbonyl (C=O) groups excluding carboxylic acids is 1. The summed E-state index contributed by atoms with van der Waals surface area (Å²) < 4.78 is 7.32. The van der Waals surface area contributed by atoms with Crippen molar-refractivity contribution in [2.75, 3.05) is 32.8 Å². The number of ether oxygens (including phenoxy) is 1. The molecule has 0 spiro atoms. The molecular weight excluding hydrogens is 294 g/mol. The highest BCUT2D eigenvalue weighted by atomic mass is 16.5. The van der Waals surface area contributed by atoms with Crippen LogP contribution in [0.15, 0.2) is 6.33 Å². The molecule has 128 valence electrons. The number of hydrogen-bond acceptors (Lipinski definition) is 5. The van der Waals surface area contributed by atoms with Crippen molar-refractivity contribution in [3.05, 3.63) is 12.2 Å². The fourth-order valence-electron chi connectivity index (χ4n) is 3.38. The first kappa shape index (κ1) is 16.4. The highest BCUT2D eigenvalue weighted by Gasteiger charge is 2.34. The van der Waals surface area contributed by atoms with Crippen molar-refractivity contribution in [1.82, 2.24) is 24.6 Å². The van der Waals surface area contributed by atoms with Gasteiger partial charge in [0.2, 0.25) is 5.91 Å². The summed E-state index contributed by atoms with van der Waals surface area (Å²) in [6, 6.07) is -0.0164. The number of morpholine rings is 1. The minimum absolute atomic E-state index is 0.0164. The van der Waals surface area contributed by atoms with Crippen molar-refractivity contribution in [3.63, 3.8) is 0 Å². The van der Waals surface area contributed by atoms with E-state index in [2.05, 4.69) is 28.8 Å². The van der Waals surface area contributed by atoms with E-state index in [1.807, 2.05) is 9.58 Å². The first-order valence-electron chi connectivity index (χ1n) is 8.62. The highest BCUT2D eigenvalue weighted by molar-refractivity contribution is 5.82. The lowest BCUT2D eigenvalue weighted by Crippen LogP contribution is -2.49. The zero-order valence-electron chi connectivity index (χ0n) is 14.1. The van der Waals surface area contributed by atoms with Crippen LogP contribution in [0.5, 0.6) is 0 Å². The van der Waals surface area contributed by atoms with E-state index >= 15 is 0 Å². The van der Waals surface area contributed by atoms with Gasteiger partial charge in [-0.1, -0.05) is 13.8 Å². The van der Waals surface area contributed by atoms with E-state index in [0.717, 1.165) is 31.8 Å². The van der Waals surface area contributed by atoms with E-state index in [1.54, 1.807) is 6.33 Å². The molecule has 1 amide bonds. The first-order valence-corrected chi connectivity index (χ1v) is 8.62. The predicted octanol–water partition coefficient (Wildman–Crippen LogP) is 0.757. The van der Waals surface area contributed by atoms with E-state index in [0.29, 0.717) is 38.8 Å². The molecule has 3 rings (SSSR count). The van der Waals surface area contributed by atoms with Crippen LogP contribution in [0, 0.1) is 5.92 Å². The normalized spacial score (nSPS) is 22.9. The number of aromatic nitrogens is 3. The molecule has 3 heterocycles. The number of rotatable bonds is 5. The fourth-order valence-corrected chi connectivity index (χ4v) is 3.38. The molecule has 0 radical (unpaired) electrons. The summed E-state index contributed by atoms with van der Waals surface area (Å²) in [7, 11) is 0. The van der Waals surface area contributed by atoms with Crippen LogP contribution in [0.1, 0.15) is 32.5 Å². The maximum atomic E-state index is 12.8. The Bertz CT molecular complexity index is 524. The van der Waals surface area contributed by atoms with Gasteiger partial charge < -0.3 is 9.64 Å². The summed E-state index contributed by atoms with van der Waals surface area (Å²) in [6.45, 7) is 9.61. The van der Waals surface area contributed by atoms with Crippen LogP contribution < -0.4 is 0 Å². The van der Waals surface area contributed by atoms with Crippen molar-refractivity contribution in [3.8, 4) is 0 Å². The molecule has 0 aliphatic carbocycles. The van der Waals surface area contributed by atoms with Gasteiger partial charge in [-0.05, 0) is 25.3 Å². The molecule has 23 heavy (non-hydrogen) atoms. The summed E-state index contributed by atoms with van der Waals surface area (Å²) in [4.78, 5) is 21.4. The lowest BCUT2D eigenvalue weighted by molar-refractivity contribution is -0.140. The van der Waals surface area contributed by atoms with Crippen molar-refractivity contribution in [1.29, 1.82) is 0 Å². The minimum Gasteiger partial charge on any atom is -0.378 e. The molecule has 2 aliphatic heterocycles. The Morgan fingerprint density at radius 1 is 1.35 bits per heavy atom. The first-order chi connectivity index (χ1) is 11.1. The van der Waals surface area contributed by atoms with E-state index in [-0.39, 0.29) is 11.9 Å². The Morgan fingerprint density at radius 2 is 2.13 bits per heavy atom. The second-order valence-electron chi connectivity index (χ2n) is 6.82. The number of likely N-dealkylation sites (tertiary alicyclic amines) is 1. The van der Waals surface area contributed by atoms with Crippen molar-refractivity contribution < 1.29 is 9.53 Å². The summed E-state index contributed by atoms with van der Waals surface area (Å²) >= 11 is 0. The van der Waals surface area contributed by atoms with Crippen LogP contribution in [0.25, 0.3) is 0 Å². The van der Waals surface area contributed by atoms with Crippen LogP contribution in [-0.4, -0.2) is 69.4 Å². The minimum atomic E-state index is -0.0164. The Balaban J connectivity index is 1.65. The maximum Gasteiger partial charge on any atom is 0.240 e. The summed E-state index contributed by atoms with van der Waals surface area (Å²) in [5.74, 6) is 1.74. The Labute approximate surface area is 137 Å². The quantitative estimate of drug-likeness (QED) is 0.801. The third-order valence-corrected chi connectivity index (χ3v) is 4.55. The number of amides is 1. The second-order valence-corrected chi connectivity index (χ2v) is 6.82. The molecule has 0 aromatic carbocycles. The van der Waals surface area contributed by atoms with Gasteiger partial charge >= 0.3 is 0 Å². The molecule has 0 N–H and O–H groups in total. The fraction of sp³-hybridized carbons (Fsp3) is 0.812. The predicted molar refractivity (Wildman–Crippen MR) is 85.7 cm³/mol. The average molecular weight is 321 g/mol. The van der Waals surface area contributed by atoms with E-state index in [1.165, 1.54) is 0 Å². The lowest BCUT2D eigenvalue weighted by Gasteiger charge is -2.32. The molecule has 0 saturated carbocycles. The molecule has 2 aliphatic rings. The number of hydrogen-bond donors (Lipinski definition) is 0. The SMILES string of the molecule is CC(C)Cn1ncnc1CN1CCC[C@@H]1C(=O)N1CCOCC1. The van der Waals surface area contributed by atoms with Crippen LogP contribution in [-0.2, 0) is 22.6 Å². The standard InChI is InChI=1S/C16H27N5O2/c1-13(2)10-21-15(17-12-18-21)11-20-5-3-4-14(20)16(22)19-6-8-23-9-7-19/h12-14H,3-11H2,1-2H3/t14-/m1/s1. The molecular formula is C16H27N5O2. The van der Waals surface area contributed by atoms with Gasteiger partial charge in [-0.3, -0.25) is 9.69 Å². The van der Waals surface area contributed by atoms with Crippen LogP contribution in [0.2, 0.25) is 0 Å². The van der Waals surface area contributed by atoms with Crippen molar-refractivity contribution in [2.45, 2.75) is 45.8 Å². The molecule has 7 nitrogen and oxygen atoms in total. The molecule has 2 saturated heterocycles. The second kappa shape index (κ2) is 7.40. The van der Waals surface area contributed by atoms with Gasteiger partial charge in [0.15, 0.2) is 0 Å². The van der Waals surface area contributed by atoms with E-state index < -0.39 is 0 Å². The largest absolute Gasteiger partial charge is 0.378 e. The van der Waals surface area contributed by atoms with Crippen LogP contribution in [0.4, 0.5) is 0 Å². The van der Waals surface area contributed by atoms with Gasteiger partial charge in [0, 0.05) is 19.6 Å². The molecule has 1 aromatic rings. The van der Waals surface area contributed by atoms with Gasteiger partial charge in [-0.25, -0.2) is 9.67 Å². The van der Waals surface area contributed by atoms with Gasteiger partial charge in [-0.2, -0.15) is 5.10 Å². The van der Waals surface area contributed by atoms with Gasteiger partial charge in [-0.15, -0.1) is 0 Å². The average Bonchev–Trinajstić information content (AvgIpc) is 3.17. The Kier molecular flexibility index (Phi) is 5.27. The Morgan fingerprint density at radius 3 is 2.87 bits per heavy atom. The van der Waals surface area contributed by atoms with Gasteiger partial charge in [0.05, 0.1) is 25.8 Å². The van der Waals surface area contributed by atoms with Crippen LogP contribution in [0.3, 0.4) is 0 Å². The third-order valence-electron chi connectivity index (χ3n) is 4.55. The molecule has 0 bridgehead atoms. The number of nitrogens with zero attached hydrogens (tertiary/aromatic N) is 5. The zero-order chi connectivity index (χ0) is 16.2. The molecule has 1 atom stereocenters.